The van der Waals surface area contributed by atoms with E-state index in [0.717, 1.165) is 4.47 Å². The highest BCUT2D eigenvalue weighted by Crippen LogP contribution is 2.26. The van der Waals surface area contributed by atoms with Crippen molar-refractivity contribution in [2.75, 3.05) is 6.61 Å². The number of benzene rings is 2. The molecule has 0 aliphatic carbocycles. The predicted molar refractivity (Wildman–Crippen MR) is 95.1 cm³/mol. The maximum atomic E-state index is 12.9. The van der Waals surface area contributed by atoms with Crippen LogP contribution in [-0.4, -0.2) is 12.6 Å². The molecule has 0 fully saturated rings. The molecule has 0 saturated heterocycles. The molecule has 1 atom stereocenters. The fourth-order valence-electron chi connectivity index (χ4n) is 2.63. The molecular formula is C19H15BrO4. The van der Waals surface area contributed by atoms with Crippen molar-refractivity contribution in [1.29, 1.82) is 0 Å². The van der Waals surface area contributed by atoms with Crippen LogP contribution in [0.4, 0.5) is 0 Å². The Morgan fingerprint density at radius 2 is 1.96 bits per heavy atom. The Morgan fingerprint density at radius 1 is 1.21 bits per heavy atom. The molecule has 4 nitrogen and oxygen atoms in total. The molecule has 0 unspecified atom stereocenters. The fourth-order valence-corrected chi connectivity index (χ4v) is 2.99. The van der Waals surface area contributed by atoms with E-state index in [0.29, 0.717) is 16.5 Å². The molecule has 0 aliphatic rings. The summed E-state index contributed by atoms with van der Waals surface area (Å²) in [4.78, 5) is 25.4. The minimum absolute atomic E-state index is 0.237. The first kappa shape index (κ1) is 16.5. The molecule has 3 aromatic rings. The van der Waals surface area contributed by atoms with E-state index in [1.54, 1.807) is 37.3 Å². The molecule has 0 aliphatic heterocycles. The van der Waals surface area contributed by atoms with E-state index in [1.807, 2.05) is 18.2 Å². The average Bonchev–Trinajstić information content (AvgIpc) is 2.59. The van der Waals surface area contributed by atoms with Crippen molar-refractivity contribution >= 4 is 32.9 Å². The maximum Gasteiger partial charge on any atom is 0.318 e. The van der Waals surface area contributed by atoms with Crippen LogP contribution in [0.2, 0.25) is 0 Å². The molecule has 0 radical (unpaired) electrons. The van der Waals surface area contributed by atoms with E-state index in [2.05, 4.69) is 15.9 Å². The lowest BCUT2D eigenvalue weighted by molar-refractivity contribution is -0.143. The third kappa shape index (κ3) is 3.12. The molecule has 122 valence electrons. The van der Waals surface area contributed by atoms with Gasteiger partial charge < -0.3 is 9.15 Å². The number of ether oxygens (including phenoxy) is 1. The number of halogens is 1. The first-order chi connectivity index (χ1) is 11.6. The molecule has 1 aromatic heterocycles. The summed E-state index contributed by atoms with van der Waals surface area (Å²) in [5, 5.41) is 0.423. The van der Waals surface area contributed by atoms with Gasteiger partial charge in [-0.3, -0.25) is 9.59 Å². The van der Waals surface area contributed by atoms with Gasteiger partial charge in [-0.25, -0.2) is 0 Å². The van der Waals surface area contributed by atoms with Crippen LogP contribution in [-0.2, 0) is 9.53 Å². The average molecular weight is 387 g/mol. The van der Waals surface area contributed by atoms with Crippen molar-refractivity contribution in [2.45, 2.75) is 12.8 Å². The smallest absolute Gasteiger partial charge is 0.318 e. The normalized spacial score (nSPS) is 12.1. The second kappa shape index (κ2) is 7.01. The number of hydrogen-bond acceptors (Lipinski definition) is 4. The van der Waals surface area contributed by atoms with E-state index in [-0.39, 0.29) is 17.6 Å². The quantitative estimate of drug-likeness (QED) is 0.628. The Morgan fingerprint density at radius 3 is 2.67 bits per heavy atom. The number of carbonyl (C=O) groups is 1. The summed E-state index contributed by atoms with van der Waals surface area (Å²) in [6.07, 6.45) is 1.35. The van der Waals surface area contributed by atoms with Gasteiger partial charge in [0.15, 0.2) is 5.43 Å². The molecule has 0 amide bonds. The highest BCUT2D eigenvalue weighted by molar-refractivity contribution is 9.10. The lowest BCUT2D eigenvalue weighted by atomic mass is 9.92. The van der Waals surface area contributed by atoms with Crippen molar-refractivity contribution in [3.63, 3.8) is 0 Å². The molecular weight excluding hydrogens is 372 g/mol. The first-order valence-corrected chi connectivity index (χ1v) is 8.33. The van der Waals surface area contributed by atoms with Gasteiger partial charge in [0.05, 0.1) is 23.8 Å². The minimum Gasteiger partial charge on any atom is -0.465 e. The third-order valence-corrected chi connectivity index (χ3v) is 4.22. The number of esters is 1. The third-order valence-electron chi connectivity index (χ3n) is 3.73. The van der Waals surface area contributed by atoms with Gasteiger partial charge in [-0.15, -0.1) is 0 Å². The Hall–Kier alpha value is -2.40. The van der Waals surface area contributed by atoms with Crippen molar-refractivity contribution in [2.24, 2.45) is 0 Å². The molecule has 0 spiro atoms. The van der Waals surface area contributed by atoms with Crippen molar-refractivity contribution < 1.29 is 13.9 Å². The number of rotatable bonds is 4. The van der Waals surface area contributed by atoms with Gasteiger partial charge in [0.1, 0.15) is 11.5 Å². The summed E-state index contributed by atoms with van der Waals surface area (Å²) in [5.41, 5.74) is 1.20. The summed E-state index contributed by atoms with van der Waals surface area (Å²) in [6, 6.07) is 14.3. The van der Waals surface area contributed by atoms with Crippen LogP contribution in [0.25, 0.3) is 11.0 Å². The zero-order valence-electron chi connectivity index (χ0n) is 13.0. The Kier molecular flexibility index (Phi) is 4.81. The highest BCUT2D eigenvalue weighted by Gasteiger charge is 2.28. The number of fused-ring (bicyclic) bond motifs is 1. The molecule has 2 aromatic carbocycles. The standard InChI is InChI=1S/C19H15BrO4/c1-2-23-19(22)17(12-6-4-3-5-7-12)15-11-24-16-9-8-13(20)10-14(16)18(15)21/h3-11,17H,2H2,1H3/t17-/m1/s1. The van der Waals surface area contributed by atoms with Gasteiger partial charge in [-0.2, -0.15) is 0 Å². The van der Waals surface area contributed by atoms with E-state index in [1.165, 1.54) is 6.26 Å². The van der Waals surface area contributed by atoms with Crippen LogP contribution in [0, 0.1) is 0 Å². The molecule has 5 heteroatoms. The van der Waals surface area contributed by atoms with Crippen molar-refractivity contribution in [3.05, 3.63) is 80.6 Å². The Bertz CT molecular complexity index is 931. The summed E-state index contributed by atoms with van der Waals surface area (Å²) in [6.45, 7) is 1.98. The SMILES string of the molecule is CCOC(=O)[C@H](c1ccccc1)c1coc2ccc(Br)cc2c1=O. The van der Waals surface area contributed by atoms with Crippen LogP contribution in [0.15, 0.2) is 68.5 Å². The van der Waals surface area contributed by atoms with Crippen molar-refractivity contribution in [3.8, 4) is 0 Å². The van der Waals surface area contributed by atoms with Crippen molar-refractivity contribution in [1.82, 2.24) is 0 Å². The Labute approximate surface area is 147 Å². The van der Waals surface area contributed by atoms with E-state index < -0.39 is 11.9 Å². The van der Waals surface area contributed by atoms with Crippen LogP contribution in [0.3, 0.4) is 0 Å². The molecule has 0 saturated carbocycles. The second-order valence-corrected chi connectivity index (χ2v) is 6.17. The first-order valence-electron chi connectivity index (χ1n) is 7.54. The van der Waals surface area contributed by atoms with Gasteiger partial charge in [0, 0.05) is 4.47 Å². The Balaban J connectivity index is 2.21. The number of carbonyl (C=O) groups excluding carboxylic acids is 1. The van der Waals surface area contributed by atoms with Gasteiger partial charge >= 0.3 is 5.97 Å². The van der Waals surface area contributed by atoms with Crippen LogP contribution in [0.1, 0.15) is 24.0 Å². The zero-order valence-corrected chi connectivity index (χ0v) is 14.6. The fraction of sp³-hybridized carbons (Fsp3) is 0.158. The molecule has 0 N–H and O–H groups in total. The number of hydrogen-bond donors (Lipinski definition) is 0. The lowest BCUT2D eigenvalue weighted by Gasteiger charge is -2.15. The van der Waals surface area contributed by atoms with Gasteiger partial charge in [0.2, 0.25) is 0 Å². The van der Waals surface area contributed by atoms with Gasteiger partial charge in [0.25, 0.3) is 0 Å². The second-order valence-electron chi connectivity index (χ2n) is 5.26. The monoisotopic (exact) mass is 386 g/mol. The molecule has 1 heterocycles. The predicted octanol–water partition coefficient (Wildman–Crippen LogP) is 4.25. The summed E-state index contributed by atoms with van der Waals surface area (Å²) >= 11 is 3.35. The zero-order chi connectivity index (χ0) is 17.1. The van der Waals surface area contributed by atoms with Gasteiger partial charge in [-0.05, 0) is 30.7 Å². The summed E-state index contributed by atoms with van der Waals surface area (Å²) in [7, 11) is 0. The van der Waals surface area contributed by atoms with E-state index in [9.17, 15) is 9.59 Å². The topological polar surface area (TPSA) is 56.5 Å². The van der Waals surface area contributed by atoms with E-state index in [4.69, 9.17) is 9.15 Å². The largest absolute Gasteiger partial charge is 0.465 e. The molecule has 3 rings (SSSR count). The van der Waals surface area contributed by atoms with E-state index >= 15 is 0 Å². The van der Waals surface area contributed by atoms with Gasteiger partial charge in [-0.1, -0.05) is 46.3 Å². The van der Waals surface area contributed by atoms with Crippen LogP contribution in [0.5, 0.6) is 0 Å². The van der Waals surface area contributed by atoms with Crippen LogP contribution < -0.4 is 5.43 Å². The maximum absolute atomic E-state index is 12.9. The molecule has 24 heavy (non-hydrogen) atoms. The summed E-state index contributed by atoms with van der Waals surface area (Å²) < 4.78 is 11.5. The minimum atomic E-state index is -0.814. The molecule has 0 bridgehead atoms. The van der Waals surface area contributed by atoms with Crippen LogP contribution >= 0.6 is 15.9 Å². The summed E-state index contributed by atoms with van der Waals surface area (Å²) in [5.74, 6) is -1.28. The lowest BCUT2D eigenvalue weighted by Crippen LogP contribution is -2.23. The highest BCUT2D eigenvalue weighted by atomic mass is 79.9.